The van der Waals surface area contributed by atoms with E-state index in [0.717, 1.165) is 6.07 Å². The van der Waals surface area contributed by atoms with Gasteiger partial charge in [0.2, 0.25) is 0 Å². The summed E-state index contributed by atoms with van der Waals surface area (Å²) in [5.41, 5.74) is -1.75. The van der Waals surface area contributed by atoms with E-state index >= 15 is 0 Å². The van der Waals surface area contributed by atoms with Gasteiger partial charge in [-0.1, -0.05) is 30.3 Å². The van der Waals surface area contributed by atoms with Crippen LogP contribution >= 0.6 is 0 Å². The summed E-state index contributed by atoms with van der Waals surface area (Å²) in [4.78, 5) is -0.143. The van der Waals surface area contributed by atoms with E-state index in [1.165, 1.54) is 43.3 Å². The second kappa shape index (κ2) is 7.47. The van der Waals surface area contributed by atoms with E-state index in [2.05, 4.69) is 4.72 Å². The lowest BCUT2D eigenvalue weighted by Crippen LogP contribution is -2.14. The van der Waals surface area contributed by atoms with E-state index in [1.54, 1.807) is 6.07 Å². The monoisotopic (exact) mass is 427 g/mol. The topological polar surface area (TPSA) is 46.2 Å². The van der Waals surface area contributed by atoms with E-state index < -0.39 is 33.4 Å². The number of benzene rings is 3. The molecule has 0 bridgehead atoms. The van der Waals surface area contributed by atoms with Gasteiger partial charge in [0.15, 0.2) is 11.6 Å². The van der Waals surface area contributed by atoms with Gasteiger partial charge in [0, 0.05) is 11.6 Å². The SMILES string of the molecule is Cc1ccc(-c2cc(F)c(F)cc2NS(=O)(=O)c2ccccc2)cc1C(F)(F)F. The predicted molar refractivity (Wildman–Crippen MR) is 98.8 cm³/mol. The van der Waals surface area contributed by atoms with Gasteiger partial charge in [-0.25, -0.2) is 17.2 Å². The van der Waals surface area contributed by atoms with Gasteiger partial charge in [0.1, 0.15) is 0 Å². The first-order valence-corrected chi connectivity index (χ1v) is 9.72. The largest absolute Gasteiger partial charge is 0.416 e. The van der Waals surface area contributed by atoms with Gasteiger partial charge in [-0.3, -0.25) is 4.72 Å². The number of hydrogen-bond acceptors (Lipinski definition) is 2. The second-order valence-corrected chi connectivity index (χ2v) is 7.94. The van der Waals surface area contributed by atoms with Crippen LogP contribution in [0.3, 0.4) is 0 Å². The minimum Gasteiger partial charge on any atom is -0.279 e. The maximum Gasteiger partial charge on any atom is 0.416 e. The summed E-state index contributed by atoms with van der Waals surface area (Å²) < 4.78 is 94.6. The summed E-state index contributed by atoms with van der Waals surface area (Å²) in [7, 11) is -4.18. The van der Waals surface area contributed by atoms with Crippen molar-refractivity contribution in [3.05, 3.63) is 83.4 Å². The summed E-state index contributed by atoms with van der Waals surface area (Å²) >= 11 is 0. The van der Waals surface area contributed by atoms with Crippen LogP contribution in [0.5, 0.6) is 0 Å². The molecular formula is C20H14F5NO2S. The Kier molecular flexibility index (Phi) is 5.36. The van der Waals surface area contributed by atoms with Gasteiger partial charge in [0.25, 0.3) is 10.0 Å². The molecule has 152 valence electrons. The third-order valence-corrected chi connectivity index (χ3v) is 5.59. The van der Waals surface area contributed by atoms with Gasteiger partial charge in [-0.2, -0.15) is 13.2 Å². The number of nitrogens with one attached hydrogen (secondary N) is 1. The van der Waals surface area contributed by atoms with Gasteiger partial charge in [-0.05, 0) is 42.3 Å². The van der Waals surface area contributed by atoms with Crippen LogP contribution in [0.15, 0.2) is 65.6 Å². The molecular weight excluding hydrogens is 413 g/mol. The molecule has 0 radical (unpaired) electrons. The average Bonchev–Trinajstić information content (AvgIpc) is 2.64. The highest BCUT2D eigenvalue weighted by atomic mass is 32.2. The Morgan fingerprint density at radius 3 is 2.10 bits per heavy atom. The molecule has 0 aliphatic heterocycles. The molecule has 0 atom stereocenters. The predicted octanol–water partition coefficient (Wildman–Crippen LogP) is 5.76. The Morgan fingerprint density at radius 2 is 1.48 bits per heavy atom. The molecule has 0 spiro atoms. The molecule has 3 aromatic carbocycles. The number of aryl methyl sites for hydroxylation is 1. The molecule has 0 aromatic heterocycles. The highest BCUT2D eigenvalue weighted by molar-refractivity contribution is 7.92. The van der Waals surface area contributed by atoms with E-state index in [9.17, 15) is 30.4 Å². The van der Waals surface area contributed by atoms with Crippen molar-refractivity contribution in [2.45, 2.75) is 18.0 Å². The first-order chi connectivity index (χ1) is 13.5. The first kappa shape index (κ1) is 20.8. The highest BCUT2D eigenvalue weighted by Crippen LogP contribution is 2.37. The molecule has 3 rings (SSSR count). The third-order valence-electron chi connectivity index (χ3n) is 4.21. The third kappa shape index (κ3) is 4.40. The quantitative estimate of drug-likeness (QED) is 0.538. The van der Waals surface area contributed by atoms with E-state index in [0.29, 0.717) is 12.1 Å². The normalized spacial score (nSPS) is 12.1. The van der Waals surface area contributed by atoms with Gasteiger partial charge >= 0.3 is 6.18 Å². The molecule has 0 saturated heterocycles. The lowest BCUT2D eigenvalue weighted by molar-refractivity contribution is -0.138. The van der Waals surface area contributed by atoms with E-state index in [-0.39, 0.29) is 27.3 Å². The molecule has 3 nitrogen and oxygen atoms in total. The molecule has 0 amide bonds. The average molecular weight is 427 g/mol. The Balaban J connectivity index is 2.16. The highest BCUT2D eigenvalue weighted by Gasteiger charge is 2.33. The van der Waals surface area contributed by atoms with Crippen LogP contribution in [0.1, 0.15) is 11.1 Å². The molecule has 0 aliphatic carbocycles. The van der Waals surface area contributed by atoms with Gasteiger partial charge in [0.05, 0.1) is 16.1 Å². The van der Waals surface area contributed by atoms with Crippen molar-refractivity contribution < 1.29 is 30.4 Å². The molecule has 0 aliphatic rings. The summed E-state index contributed by atoms with van der Waals surface area (Å²) in [6.45, 7) is 1.26. The van der Waals surface area contributed by atoms with Crippen molar-refractivity contribution in [1.82, 2.24) is 0 Å². The van der Waals surface area contributed by atoms with Crippen LogP contribution in [0.2, 0.25) is 0 Å². The maximum absolute atomic E-state index is 13.8. The fraction of sp³-hybridized carbons (Fsp3) is 0.100. The standard InChI is InChI=1S/C20H14F5NO2S/c1-12-7-8-13(9-16(12)20(23,24)25)15-10-17(21)18(22)11-19(15)26-29(27,28)14-5-3-2-4-6-14/h2-11,26H,1H3. The zero-order valence-electron chi connectivity index (χ0n) is 14.9. The summed E-state index contributed by atoms with van der Waals surface area (Å²) in [6, 6.07) is 11.6. The van der Waals surface area contributed by atoms with E-state index in [1.807, 2.05) is 0 Å². The maximum atomic E-state index is 13.8. The molecule has 0 fully saturated rings. The number of alkyl halides is 3. The number of sulfonamides is 1. The lowest BCUT2D eigenvalue weighted by Gasteiger charge is -2.16. The minimum atomic E-state index is -4.66. The Morgan fingerprint density at radius 1 is 0.862 bits per heavy atom. The van der Waals surface area contributed by atoms with Crippen molar-refractivity contribution >= 4 is 15.7 Å². The Labute approximate surface area is 163 Å². The minimum absolute atomic E-state index is 0.0600. The Bertz CT molecular complexity index is 1160. The summed E-state index contributed by atoms with van der Waals surface area (Å²) in [5.74, 6) is -2.67. The van der Waals surface area contributed by atoms with Crippen LogP contribution in [0.25, 0.3) is 11.1 Å². The van der Waals surface area contributed by atoms with Gasteiger partial charge in [-0.15, -0.1) is 0 Å². The molecule has 0 saturated carbocycles. The van der Waals surface area contributed by atoms with Crippen molar-refractivity contribution in [3.63, 3.8) is 0 Å². The van der Waals surface area contributed by atoms with Gasteiger partial charge < -0.3 is 0 Å². The van der Waals surface area contributed by atoms with Crippen molar-refractivity contribution in [2.24, 2.45) is 0 Å². The second-order valence-electron chi connectivity index (χ2n) is 6.26. The molecule has 0 unspecified atom stereocenters. The molecule has 29 heavy (non-hydrogen) atoms. The summed E-state index contributed by atoms with van der Waals surface area (Å²) in [6.07, 6.45) is -4.66. The first-order valence-electron chi connectivity index (χ1n) is 8.24. The Hall–Kier alpha value is -2.94. The molecule has 9 heteroatoms. The fourth-order valence-corrected chi connectivity index (χ4v) is 3.86. The van der Waals surface area contributed by atoms with Crippen LogP contribution in [0.4, 0.5) is 27.6 Å². The zero-order valence-corrected chi connectivity index (χ0v) is 15.7. The van der Waals surface area contributed by atoms with Crippen LogP contribution in [-0.2, 0) is 16.2 Å². The smallest absolute Gasteiger partial charge is 0.279 e. The van der Waals surface area contributed by atoms with Crippen LogP contribution in [0, 0.1) is 18.6 Å². The fourth-order valence-electron chi connectivity index (χ4n) is 2.77. The number of halogens is 5. The molecule has 0 heterocycles. The van der Waals surface area contributed by atoms with Crippen molar-refractivity contribution in [3.8, 4) is 11.1 Å². The lowest BCUT2D eigenvalue weighted by atomic mass is 9.98. The summed E-state index contributed by atoms with van der Waals surface area (Å²) in [5, 5.41) is 0. The van der Waals surface area contributed by atoms with Crippen molar-refractivity contribution in [2.75, 3.05) is 4.72 Å². The van der Waals surface area contributed by atoms with Crippen LogP contribution in [-0.4, -0.2) is 8.42 Å². The number of anilines is 1. The number of rotatable bonds is 4. The van der Waals surface area contributed by atoms with Crippen LogP contribution < -0.4 is 4.72 Å². The molecule has 1 N–H and O–H groups in total. The number of hydrogen-bond donors (Lipinski definition) is 1. The molecule has 3 aromatic rings. The van der Waals surface area contributed by atoms with E-state index in [4.69, 9.17) is 0 Å². The zero-order chi connectivity index (χ0) is 21.4. The van der Waals surface area contributed by atoms with Crippen molar-refractivity contribution in [1.29, 1.82) is 0 Å².